The normalized spacial score (nSPS) is 10.5. The number of ether oxygens (including phenoxy) is 1. The van der Waals surface area contributed by atoms with E-state index >= 15 is 0 Å². The molecule has 122 valence electrons. The maximum atomic E-state index is 11.3. The Morgan fingerprint density at radius 3 is 2.62 bits per heavy atom. The lowest BCUT2D eigenvalue weighted by Crippen LogP contribution is -2.14. The average molecular weight is 321 g/mol. The quantitative estimate of drug-likeness (QED) is 0.663. The summed E-state index contributed by atoms with van der Waals surface area (Å²) in [6.45, 7) is 2.86. The SMILES string of the molecule is Cc1cccc(C(=O)O)c1NCCOc1ccc2ccccc2c1. The Bertz CT molecular complexity index is 874. The average Bonchev–Trinajstić information content (AvgIpc) is 2.59. The summed E-state index contributed by atoms with van der Waals surface area (Å²) in [4.78, 5) is 11.3. The van der Waals surface area contributed by atoms with Crippen LogP contribution in [0.5, 0.6) is 5.75 Å². The molecule has 0 aliphatic carbocycles. The molecule has 24 heavy (non-hydrogen) atoms. The van der Waals surface area contributed by atoms with E-state index in [1.54, 1.807) is 12.1 Å². The zero-order valence-electron chi connectivity index (χ0n) is 13.5. The van der Waals surface area contributed by atoms with Crippen molar-refractivity contribution < 1.29 is 14.6 Å². The van der Waals surface area contributed by atoms with E-state index in [-0.39, 0.29) is 5.56 Å². The van der Waals surface area contributed by atoms with Crippen molar-refractivity contribution in [1.82, 2.24) is 0 Å². The number of fused-ring (bicyclic) bond motifs is 1. The van der Waals surface area contributed by atoms with Crippen molar-refractivity contribution in [2.24, 2.45) is 0 Å². The highest BCUT2D eigenvalue weighted by Crippen LogP contribution is 2.22. The number of carboxylic acids is 1. The van der Waals surface area contributed by atoms with Gasteiger partial charge in [-0.2, -0.15) is 0 Å². The van der Waals surface area contributed by atoms with E-state index in [4.69, 9.17) is 4.74 Å². The molecule has 0 aliphatic heterocycles. The van der Waals surface area contributed by atoms with E-state index in [9.17, 15) is 9.90 Å². The van der Waals surface area contributed by atoms with Crippen molar-refractivity contribution in [2.45, 2.75) is 6.92 Å². The van der Waals surface area contributed by atoms with Gasteiger partial charge in [-0.3, -0.25) is 0 Å². The fourth-order valence-electron chi connectivity index (χ4n) is 2.68. The van der Waals surface area contributed by atoms with Gasteiger partial charge in [0.1, 0.15) is 12.4 Å². The maximum absolute atomic E-state index is 11.3. The predicted octanol–water partition coefficient (Wildman–Crippen LogP) is 4.34. The largest absolute Gasteiger partial charge is 0.492 e. The molecule has 0 bridgehead atoms. The summed E-state index contributed by atoms with van der Waals surface area (Å²) in [5.41, 5.74) is 1.83. The monoisotopic (exact) mass is 321 g/mol. The summed E-state index contributed by atoms with van der Waals surface area (Å²) in [6.07, 6.45) is 0. The number of carbonyl (C=O) groups is 1. The number of rotatable bonds is 6. The Morgan fingerprint density at radius 2 is 1.83 bits per heavy atom. The Morgan fingerprint density at radius 1 is 1.04 bits per heavy atom. The van der Waals surface area contributed by atoms with Gasteiger partial charge >= 0.3 is 5.97 Å². The van der Waals surface area contributed by atoms with Crippen molar-refractivity contribution in [2.75, 3.05) is 18.5 Å². The van der Waals surface area contributed by atoms with E-state index in [0.717, 1.165) is 16.7 Å². The van der Waals surface area contributed by atoms with Crippen molar-refractivity contribution in [3.8, 4) is 5.75 Å². The Balaban J connectivity index is 1.62. The Labute approximate surface area is 140 Å². The van der Waals surface area contributed by atoms with Gasteiger partial charge in [0.25, 0.3) is 0 Å². The molecule has 0 aliphatic rings. The lowest BCUT2D eigenvalue weighted by Gasteiger charge is -2.13. The number of hydrogen-bond acceptors (Lipinski definition) is 3. The third-order valence-electron chi connectivity index (χ3n) is 3.90. The van der Waals surface area contributed by atoms with Crippen LogP contribution < -0.4 is 10.1 Å². The van der Waals surface area contributed by atoms with Crippen LogP contribution in [0.25, 0.3) is 10.8 Å². The fraction of sp³-hybridized carbons (Fsp3) is 0.150. The number of anilines is 1. The summed E-state index contributed by atoms with van der Waals surface area (Å²) in [5, 5.41) is 14.7. The van der Waals surface area contributed by atoms with Gasteiger partial charge in [-0.1, -0.05) is 42.5 Å². The van der Waals surface area contributed by atoms with E-state index in [1.165, 1.54) is 5.39 Å². The van der Waals surface area contributed by atoms with E-state index in [1.807, 2.05) is 49.4 Å². The van der Waals surface area contributed by atoms with Crippen LogP contribution in [0.3, 0.4) is 0 Å². The van der Waals surface area contributed by atoms with Gasteiger partial charge in [0, 0.05) is 6.54 Å². The van der Waals surface area contributed by atoms with Gasteiger partial charge in [-0.05, 0) is 41.5 Å². The second kappa shape index (κ2) is 7.04. The molecular weight excluding hydrogens is 302 g/mol. The van der Waals surface area contributed by atoms with Crippen LogP contribution in [0.2, 0.25) is 0 Å². The van der Waals surface area contributed by atoms with Crippen LogP contribution in [0.15, 0.2) is 60.7 Å². The zero-order valence-corrected chi connectivity index (χ0v) is 13.5. The zero-order chi connectivity index (χ0) is 16.9. The molecule has 3 aromatic carbocycles. The predicted molar refractivity (Wildman–Crippen MR) is 96.1 cm³/mol. The summed E-state index contributed by atoms with van der Waals surface area (Å²) < 4.78 is 5.77. The summed E-state index contributed by atoms with van der Waals surface area (Å²) in [6, 6.07) is 19.3. The van der Waals surface area contributed by atoms with Crippen molar-refractivity contribution in [3.05, 3.63) is 71.8 Å². The van der Waals surface area contributed by atoms with Crippen molar-refractivity contribution >= 4 is 22.4 Å². The molecule has 0 saturated carbocycles. The summed E-state index contributed by atoms with van der Waals surface area (Å²) in [7, 11) is 0. The van der Waals surface area contributed by atoms with Crippen LogP contribution in [0.4, 0.5) is 5.69 Å². The Kier molecular flexibility index (Phi) is 4.66. The molecule has 0 unspecified atom stereocenters. The molecule has 0 atom stereocenters. The standard InChI is InChI=1S/C20H19NO3/c1-14-5-4-8-18(20(22)23)19(14)21-11-12-24-17-10-9-15-6-2-3-7-16(15)13-17/h2-10,13,21H,11-12H2,1H3,(H,22,23). The third-order valence-corrected chi connectivity index (χ3v) is 3.90. The van der Waals surface area contributed by atoms with Gasteiger partial charge in [0.2, 0.25) is 0 Å². The molecule has 3 aromatic rings. The molecule has 3 rings (SSSR count). The second-order valence-corrected chi connectivity index (χ2v) is 5.59. The van der Waals surface area contributed by atoms with Crippen LogP contribution >= 0.6 is 0 Å². The molecule has 2 N–H and O–H groups in total. The van der Waals surface area contributed by atoms with Gasteiger partial charge < -0.3 is 15.2 Å². The minimum atomic E-state index is -0.934. The van der Waals surface area contributed by atoms with Crippen molar-refractivity contribution in [1.29, 1.82) is 0 Å². The minimum Gasteiger partial charge on any atom is -0.492 e. The molecule has 4 heteroatoms. The highest BCUT2D eigenvalue weighted by atomic mass is 16.5. The first-order chi connectivity index (χ1) is 11.6. The topological polar surface area (TPSA) is 58.6 Å². The lowest BCUT2D eigenvalue weighted by molar-refractivity contribution is 0.0698. The number of nitrogens with one attached hydrogen (secondary N) is 1. The van der Waals surface area contributed by atoms with Gasteiger partial charge in [-0.15, -0.1) is 0 Å². The Hall–Kier alpha value is -3.01. The molecule has 0 heterocycles. The fourth-order valence-corrected chi connectivity index (χ4v) is 2.68. The second-order valence-electron chi connectivity index (χ2n) is 5.59. The maximum Gasteiger partial charge on any atom is 0.337 e. The number of aromatic carboxylic acids is 1. The number of aryl methyl sites for hydroxylation is 1. The summed E-state index contributed by atoms with van der Waals surface area (Å²) >= 11 is 0. The lowest BCUT2D eigenvalue weighted by atomic mass is 10.1. The number of benzene rings is 3. The van der Waals surface area contributed by atoms with E-state index < -0.39 is 5.97 Å². The van der Waals surface area contributed by atoms with Crippen molar-refractivity contribution in [3.63, 3.8) is 0 Å². The molecular formula is C20H19NO3. The van der Waals surface area contributed by atoms with Crippen LogP contribution in [-0.4, -0.2) is 24.2 Å². The highest BCUT2D eigenvalue weighted by molar-refractivity contribution is 5.95. The highest BCUT2D eigenvalue weighted by Gasteiger charge is 2.11. The first-order valence-corrected chi connectivity index (χ1v) is 7.83. The van der Waals surface area contributed by atoms with Crippen LogP contribution in [0, 0.1) is 6.92 Å². The molecule has 0 aromatic heterocycles. The van der Waals surface area contributed by atoms with Crippen LogP contribution in [-0.2, 0) is 0 Å². The third kappa shape index (κ3) is 3.49. The van der Waals surface area contributed by atoms with E-state index in [2.05, 4.69) is 11.4 Å². The molecule has 4 nitrogen and oxygen atoms in total. The minimum absolute atomic E-state index is 0.278. The molecule has 0 radical (unpaired) electrons. The van der Waals surface area contributed by atoms with Gasteiger partial charge in [0.15, 0.2) is 0 Å². The molecule has 0 spiro atoms. The summed E-state index contributed by atoms with van der Waals surface area (Å²) in [5.74, 6) is -0.129. The molecule has 0 fully saturated rings. The first kappa shape index (κ1) is 15.9. The van der Waals surface area contributed by atoms with Crippen LogP contribution in [0.1, 0.15) is 15.9 Å². The van der Waals surface area contributed by atoms with Gasteiger partial charge in [0.05, 0.1) is 11.3 Å². The number of carboxylic acid groups (broad SMARTS) is 1. The molecule has 0 saturated heterocycles. The molecule has 0 amide bonds. The first-order valence-electron chi connectivity index (χ1n) is 7.83. The van der Waals surface area contributed by atoms with E-state index in [0.29, 0.717) is 18.8 Å². The van der Waals surface area contributed by atoms with Gasteiger partial charge in [-0.25, -0.2) is 4.79 Å². The number of para-hydroxylation sites is 1. The number of hydrogen-bond donors (Lipinski definition) is 2. The smallest absolute Gasteiger partial charge is 0.337 e.